The summed E-state index contributed by atoms with van der Waals surface area (Å²) >= 11 is 5.32. The Morgan fingerprint density at radius 2 is 2.50 bits per heavy atom. The predicted molar refractivity (Wildman–Crippen MR) is 27.3 cm³/mol. The van der Waals surface area contributed by atoms with E-state index in [-0.39, 0.29) is 0 Å². The van der Waals surface area contributed by atoms with Crippen LogP contribution in [0.4, 0.5) is 0 Å². The van der Waals surface area contributed by atoms with Crippen LogP contribution in [0.15, 0.2) is 17.3 Å². The van der Waals surface area contributed by atoms with Gasteiger partial charge in [0.15, 0.2) is 0 Å². The van der Waals surface area contributed by atoms with Gasteiger partial charge in [-0.25, -0.2) is 0 Å². The molecule has 0 unspecified atom stereocenters. The summed E-state index contributed by atoms with van der Waals surface area (Å²) < 4.78 is 0. The van der Waals surface area contributed by atoms with Gasteiger partial charge in [0.2, 0.25) is 0 Å². The Bertz CT molecular complexity index is 104. The van der Waals surface area contributed by atoms with Crippen molar-refractivity contribution in [2.75, 3.05) is 5.88 Å². The van der Waals surface area contributed by atoms with Crippen molar-refractivity contribution in [3.05, 3.63) is 12.3 Å². The summed E-state index contributed by atoms with van der Waals surface area (Å²) in [5, 5.41) is 0. The van der Waals surface area contributed by atoms with Gasteiger partial charge in [-0.15, -0.1) is 11.6 Å². The van der Waals surface area contributed by atoms with Gasteiger partial charge < -0.3 is 0 Å². The van der Waals surface area contributed by atoms with Crippen LogP contribution in [0.3, 0.4) is 0 Å². The van der Waals surface area contributed by atoms with Gasteiger partial charge in [-0.3, -0.25) is 4.99 Å². The monoisotopic (exact) mass is 101 g/mol. The van der Waals surface area contributed by atoms with E-state index < -0.39 is 0 Å². The highest BCUT2D eigenvalue weighted by molar-refractivity contribution is 6.31. The van der Waals surface area contributed by atoms with Gasteiger partial charge in [-0.05, 0) is 6.08 Å². The highest BCUT2D eigenvalue weighted by Crippen LogP contribution is 1.96. The number of nitrogens with zero attached hydrogens (tertiary/aromatic N) is 1. The first-order valence-electron chi connectivity index (χ1n) is 1.72. The molecule has 0 aromatic carbocycles. The van der Waals surface area contributed by atoms with Gasteiger partial charge in [-0.2, -0.15) is 0 Å². The van der Waals surface area contributed by atoms with Crippen molar-refractivity contribution in [1.29, 1.82) is 0 Å². The molecule has 0 aromatic rings. The zero-order chi connectivity index (χ0) is 4.41. The summed E-state index contributed by atoms with van der Waals surface area (Å²) in [6.45, 7) is 0. The highest BCUT2D eigenvalue weighted by atomic mass is 35.5. The summed E-state index contributed by atoms with van der Waals surface area (Å²) in [5.74, 6) is 0.552. The van der Waals surface area contributed by atoms with Gasteiger partial charge in [0.25, 0.3) is 0 Å². The Balaban J connectivity index is 2.37. The zero-order valence-corrected chi connectivity index (χ0v) is 3.94. The van der Waals surface area contributed by atoms with E-state index in [0.29, 0.717) is 5.88 Å². The maximum absolute atomic E-state index is 5.32. The quantitative estimate of drug-likeness (QED) is 0.440. The summed E-state index contributed by atoms with van der Waals surface area (Å²) in [6, 6.07) is 0. The molecule has 0 aliphatic carbocycles. The Hall–Kier alpha value is -0.300. The molecule has 1 heterocycles. The van der Waals surface area contributed by atoms with Crippen molar-refractivity contribution in [2.24, 2.45) is 4.99 Å². The molecule has 0 aromatic heterocycles. The second-order valence-electron chi connectivity index (χ2n) is 1.07. The van der Waals surface area contributed by atoms with Gasteiger partial charge >= 0.3 is 0 Å². The van der Waals surface area contributed by atoms with Crippen molar-refractivity contribution in [1.82, 2.24) is 0 Å². The maximum Gasteiger partial charge on any atom is 0.0647 e. The van der Waals surface area contributed by atoms with Gasteiger partial charge in [0.05, 0.1) is 11.6 Å². The summed E-state index contributed by atoms with van der Waals surface area (Å²) in [5.41, 5.74) is 0.983. The Morgan fingerprint density at radius 3 is 2.50 bits per heavy atom. The van der Waals surface area contributed by atoms with Crippen LogP contribution in [0.5, 0.6) is 0 Å². The molecule has 2 heteroatoms. The number of aliphatic imine (C=N–C) groups is 1. The van der Waals surface area contributed by atoms with E-state index in [2.05, 4.69) is 4.99 Å². The van der Waals surface area contributed by atoms with Crippen LogP contribution in [-0.2, 0) is 0 Å². The lowest BCUT2D eigenvalue weighted by Gasteiger charge is -1.96. The van der Waals surface area contributed by atoms with E-state index in [1.165, 1.54) is 0 Å². The SMILES string of the molecule is ClCC1=NC=C1. The largest absolute Gasteiger partial charge is 0.260 e. The van der Waals surface area contributed by atoms with E-state index in [4.69, 9.17) is 11.6 Å². The fourth-order valence-corrected chi connectivity index (χ4v) is 0.417. The Kier molecular flexibility index (Phi) is 0.926. The van der Waals surface area contributed by atoms with E-state index in [1.807, 2.05) is 6.08 Å². The van der Waals surface area contributed by atoms with Crippen molar-refractivity contribution in [2.45, 2.75) is 0 Å². The second kappa shape index (κ2) is 1.43. The molecule has 32 valence electrons. The first kappa shape index (κ1) is 3.88. The highest BCUT2D eigenvalue weighted by Gasteiger charge is 1.93. The minimum absolute atomic E-state index is 0.552. The third kappa shape index (κ3) is 0.455. The molecule has 6 heavy (non-hydrogen) atoms. The van der Waals surface area contributed by atoms with Crippen LogP contribution in [0.1, 0.15) is 0 Å². The number of allylic oxidation sites excluding steroid dienone is 1. The molecule has 0 N–H and O–H groups in total. The van der Waals surface area contributed by atoms with E-state index >= 15 is 0 Å². The normalized spacial score (nSPS) is 16.5. The number of hydrogen-bond donors (Lipinski definition) is 0. The first-order valence-corrected chi connectivity index (χ1v) is 2.26. The van der Waals surface area contributed by atoms with Gasteiger partial charge in [0.1, 0.15) is 0 Å². The predicted octanol–water partition coefficient (Wildman–Crippen LogP) is 1.19. The van der Waals surface area contributed by atoms with Crippen LogP contribution >= 0.6 is 11.6 Å². The number of hydrogen-bond acceptors (Lipinski definition) is 1. The summed E-state index contributed by atoms with van der Waals surface area (Å²) in [4.78, 5) is 3.79. The van der Waals surface area contributed by atoms with Crippen LogP contribution < -0.4 is 0 Å². The Labute approximate surface area is 41.3 Å². The lowest BCUT2D eigenvalue weighted by atomic mass is 10.3. The third-order valence-corrected chi connectivity index (χ3v) is 0.918. The third-order valence-electron chi connectivity index (χ3n) is 0.644. The molecule has 0 bridgehead atoms. The molecule has 0 saturated heterocycles. The number of alkyl halides is 1. The molecule has 0 amide bonds. The fourth-order valence-electron chi connectivity index (χ4n) is 0.259. The van der Waals surface area contributed by atoms with E-state index in [9.17, 15) is 0 Å². The van der Waals surface area contributed by atoms with Crippen LogP contribution in [0.2, 0.25) is 0 Å². The van der Waals surface area contributed by atoms with Crippen molar-refractivity contribution >= 4 is 17.3 Å². The molecular weight excluding hydrogens is 97.5 g/mol. The lowest BCUT2D eigenvalue weighted by molar-refractivity contribution is 1.47. The molecule has 1 rings (SSSR count). The second-order valence-corrected chi connectivity index (χ2v) is 1.34. The smallest absolute Gasteiger partial charge is 0.0647 e. The van der Waals surface area contributed by atoms with Gasteiger partial charge in [0, 0.05) is 6.20 Å². The molecule has 0 fully saturated rings. The average molecular weight is 102 g/mol. The molecule has 0 atom stereocenters. The van der Waals surface area contributed by atoms with Gasteiger partial charge in [-0.1, -0.05) is 0 Å². The summed E-state index contributed by atoms with van der Waals surface area (Å²) in [6.07, 6.45) is 3.63. The fraction of sp³-hybridized carbons (Fsp3) is 0.250. The molecule has 1 nitrogen and oxygen atoms in total. The van der Waals surface area contributed by atoms with Crippen molar-refractivity contribution in [3.8, 4) is 0 Å². The standard InChI is InChI=1S/C4H4ClN/c5-3-4-1-2-6-4/h1-2H,3H2. The lowest BCUT2D eigenvalue weighted by Crippen LogP contribution is -1.98. The average Bonchev–Trinajstić information content (AvgIpc) is 1.31. The number of halogens is 1. The van der Waals surface area contributed by atoms with Crippen molar-refractivity contribution in [3.63, 3.8) is 0 Å². The van der Waals surface area contributed by atoms with Crippen LogP contribution in [-0.4, -0.2) is 11.6 Å². The van der Waals surface area contributed by atoms with Crippen molar-refractivity contribution < 1.29 is 0 Å². The van der Waals surface area contributed by atoms with Crippen LogP contribution in [0.25, 0.3) is 0 Å². The minimum atomic E-state index is 0.552. The molecule has 0 saturated carbocycles. The minimum Gasteiger partial charge on any atom is -0.260 e. The maximum atomic E-state index is 5.32. The summed E-state index contributed by atoms with van der Waals surface area (Å²) in [7, 11) is 0. The molecule has 0 spiro atoms. The molecule has 1 aliphatic heterocycles. The molecular formula is C4H4ClN. The Morgan fingerprint density at radius 1 is 1.83 bits per heavy atom. The van der Waals surface area contributed by atoms with Crippen LogP contribution in [0, 0.1) is 0 Å². The first-order chi connectivity index (χ1) is 2.93. The number of rotatable bonds is 1. The zero-order valence-electron chi connectivity index (χ0n) is 3.19. The molecule has 1 aliphatic rings. The topological polar surface area (TPSA) is 12.4 Å². The molecule has 0 radical (unpaired) electrons. The van der Waals surface area contributed by atoms with E-state index in [1.54, 1.807) is 6.20 Å². The van der Waals surface area contributed by atoms with E-state index in [0.717, 1.165) is 5.71 Å².